The quantitative estimate of drug-likeness (QED) is 0.861. The van der Waals surface area contributed by atoms with Crippen molar-refractivity contribution in [2.24, 2.45) is 7.05 Å². The molecule has 20 heavy (non-hydrogen) atoms. The van der Waals surface area contributed by atoms with E-state index in [1.165, 1.54) is 12.8 Å². The lowest BCUT2D eigenvalue weighted by Crippen LogP contribution is -2.42. The normalized spacial score (nSPS) is 15.7. The molecule has 5 heteroatoms. The fraction of sp³-hybridized carbons (Fsp3) is 0.733. The summed E-state index contributed by atoms with van der Waals surface area (Å²) in [5, 5.41) is 3.02. The van der Waals surface area contributed by atoms with Gasteiger partial charge < -0.3 is 9.88 Å². The molecule has 2 rings (SSSR count). The van der Waals surface area contributed by atoms with Crippen LogP contribution in [0.4, 0.5) is 0 Å². The third-order valence-corrected chi connectivity index (χ3v) is 3.47. The highest BCUT2D eigenvalue weighted by Gasteiger charge is 2.30. The number of imidazole rings is 1. The lowest BCUT2D eigenvalue weighted by molar-refractivity contribution is -0.122. The Morgan fingerprint density at radius 3 is 2.70 bits per heavy atom. The van der Waals surface area contributed by atoms with E-state index in [9.17, 15) is 4.79 Å². The minimum Gasteiger partial charge on any atom is -0.351 e. The first kappa shape index (κ1) is 15.0. The van der Waals surface area contributed by atoms with Crippen LogP contribution in [0.5, 0.6) is 0 Å². The van der Waals surface area contributed by atoms with Crippen LogP contribution in [0.2, 0.25) is 0 Å². The number of hydrogen-bond donors (Lipinski definition) is 1. The Kier molecular flexibility index (Phi) is 4.48. The summed E-state index contributed by atoms with van der Waals surface area (Å²) in [6, 6.07) is 0.633. The van der Waals surface area contributed by atoms with E-state index < -0.39 is 0 Å². The van der Waals surface area contributed by atoms with E-state index in [-0.39, 0.29) is 11.4 Å². The van der Waals surface area contributed by atoms with Gasteiger partial charge in [-0.25, -0.2) is 4.98 Å². The second-order valence-corrected chi connectivity index (χ2v) is 6.70. The molecule has 1 aliphatic carbocycles. The molecule has 1 fully saturated rings. The first-order chi connectivity index (χ1) is 9.35. The number of nitrogens with one attached hydrogen (secondary N) is 1. The first-order valence-electron chi connectivity index (χ1n) is 7.36. The van der Waals surface area contributed by atoms with E-state index in [0.29, 0.717) is 12.5 Å². The van der Waals surface area contributed by atoms with E-state index in [1.807, 2.05) is 44.8 Å². The Balaban J connectivity index is 1.84. The maximum atomic E-state index is 11.9. The van der Waals surface area contributed by atoms with Gasteiger partial charge in [0.2, 0.25) is 5.91 Å². The molecule has 1 saturated carbocycles. The second-order valence-electron chi connectivity index (χ2n) is 6.70. The maximum absolute atomic E-state index is 11.9. The largest absolute Gasteiger partial charge is 0.351 e. The second kappa shape index (κ2) is 5.95. The van der Waals surface area contributed by atoms with Gasteiger partial charge in [0.05, 0.1) is 6.54 Å². The summed E-state index contributed by atoms with van der Waals surface area (Å²) in [5.74, 6) is 1.19. The zero-order chi connectivity index (χ0) is 14.8. The van der Waals surface area contributed by atoms with E-state index in [2.05, 4.69) is 15.2 Å². The molecule has 0 saturated heterocycles. The molecule has 5 nitrogen and oxygen atoms in total. The smallest absolute Gasteiger partial charge is 0.221 e. The topological polar surface area (TPSA) is 50.2 Å². The zero-order valence-electron chi connectivity index (χ0n) is 13.0. The minimum atomic E-state index is -0.152. The summed E-state index contributed by atoms with van der Waals surface area (Å²) in [5.41, 5.74) is -0.152. The summed E-state index contributed by atoms with van der Waals surface area (Å²) in [7, 11) is 2.01. The number of aryl methyl sites for hydroxylation is 1. The van der Waals surface area contributed by atoms with Crippen LogP contribution >= 0.6 is 0 Å². The summed E-state index contributed by atoms with van der Waals surface area (Å²) in [4.78, 5) is 18.7. The van der Waals surface area contributed by atoms with Gasteiger partial charge in [0.1, 0.15) is 5.82 Å². The van der Waals surface area contributed by atoms with E-state index in [1.54, 1.807) is 0 Å². The SMILES string of the molecule is Cn1ccnc1CN(CCC(=O)NC(C)(C)C)C1CC1. The predicted molar refractivity (Wildman–Crippen MR) is 79.2 cm³/mol. The fourth-order valence-corrected chi connectivity index (χ4v) is 2.29. The van der Waals surface area contributed by atoms with Crippen LogP contribution in [-0.2, 0) is 18.4 Å². The summed E-state index contributed by atoms with van der Waals surface area (Å²) in [6.45, 7) is 7.67. The van der Waals surface area contributed by atoms with Gasteiger partial charge in [-0.3, -0.25) is 9.69 Å². The average Bonchev–Trinajstić information content (AvgIpc) is 3.07. The summed E-state index contributed by atoms with van der Waals surface area (Å²) in [6.07, 6.45) is 6.83. The van der Waals surface area contributed by atoms with Gasteiger partial charge in [-0.2, -0.15) is 0 Å². The fourth-order valence-electron chi connectivity index (χ4n) is 2.29. The van der Waals surface area contributed by atoms with Gasteiger partial charge >= 0.3 is 0 Å². The zero-order valence-corrected chi connectivity index (χ0v) is 13.0. The van der Waals surface area contributed by atoms with Crippen molar-refractivity contribution in [2.75, 3.05) is 6.54 Å². The number of rotatable bonds is 6. The van der Waals surface area contributed by atoms with Crippen molar-refractivity contribution in [3.63, 3.8) is 0 Å². The van der Waals surface area contributed by atoms with Crippen molar-refractivity contribution in [3.8, 4) is 0 Å². The third kappa shape index (κ3) is 4.63. The average molecular weight is 278 g/mol. The van der Waals surface area contributed by atoms with Crippen LogP contribution in [0.1, 0.15) is 45.9 Å². The lowest BCUT2D eigenvalue weighted by Gasteiger charge is -2.24. The van der Waals surface area contributed by atoms with Gasteiger partial charge in [-0.05, 0) is 33.6 Å². The Labute approximate surface area is 121 Å². The minimum absolute atomic E-state index is 0.128. The lowest BCUT2D eigenvalue weighted by atomic mass is 10.1. The number of hydrogen-bond acceptors (Lipinski definition) is 3. The molecular weight excluding hydrogens is 252 g/mol. The van der Waals surface area contributed by atoms with Crippen LogP contribution in [0.3, 0.4) is 0 Å². The molecule has 1 amide bonds. The number of aromatic nitrogens is 2. The number of amides is 1. The van der Waals surface area contributed by atoms with E-state index in [0.717, 1.165) is 18.9 Å². The number of carbonyl (C=O) groups excluding carboxylic acids is 1. The molecule has 0 unspecified atom stereocenters. The first-order valence-corrected chi connectivity index (χ1v) is 7.36. The van der Waals surface area contributed by atoms with Gasteiger partial charge in [0.25, 0.3) is 0 Å². The third-order valence-electron chi connectivity index (χ3n) is 3.47. The molecule has 1 aliphatic rings. The number of nitrogens with zero attached hydrogens (tertiary/aromatic N) is 3. The van der Waals surface area contributed by atoms with Crippen LogP contribution < -0.4 is 5.32 Å². The molecule has 1 aromatic heterocycles. The van der Waals surface area contributed by atoms with E-state index in [4.69, 9.17) is 0 Å². The highest BCUT2D eigenvalue weighted by atomic mass is 16.1. The Bertz CT molecular complexity index is 457. The molecule has 1 N–H and O–H groups in total. The Morgan fingerprint density at radius 2 is 2.20 bits per heavy atom. The molecule has 0 aliphatic heterocycles. The van der Waals surface area contributed by atoms with Crippen molar-refractivity contribution >= 4 is 5.91 Å². The van der Waals surface area contributed by atoms with Gasteiger partial charge in [0.15, 0.2) is 0 Å². The summed E-state index contributed by atoms with van der Waals surface area (Å²) < 4.78 is 2.05. The number of carbonyl (C=O) groups is 1. The monoisotopic (exact) mass is 278 g/mol. The molecule has 0 bridgehead atoms. The van der Waals surface area contributed by atoms with Crippen molar-refractivity contribution in [2.45, 2.75) is 58.2 Å². The van der Waals surface area contributed by atoms with Gasteiger partial charge in [-0.15, -0.1) is 0 Å². The summed E-state index contributed by atoms with van der Waals surface area (Å²) >= 11 is 0. The van der Waals surface area contributed by atoms with Gasteiger partial charge in [-0.1, -0.05) is 0 Å². The van der Waals surface area contributed by atoms with Crippen molar-refractivity contribution < 1.29 is 4.79 Å². The Hall–Kier alpha value is -1.36. The van der Waals surface area contributed by atoms with Crippen molar-refractivity contribution in [3.05, 3.63) is 18.2 Å². The van der Waals surface area contributed by atoms with Crippen LogP contribution in [0, 0.1) is 0 Å². The predicted octanol–water partition coefficient (Wildman–Crippen LogP) is 1.69. The molecular formula is C15H26N4O. The standard InChI is InChI=1S/C15H26N4O/c1-15(2,3)17-14(20)7-9-19(12-5-6-12)11-13-16-8-10-18(13)4/h8,10,12H,5-7,9,11H2,1-4H3,(H,17,20). The Morgan fingerprint density at radius 1 is 1.50 bits per heavy atom. The maximum Gasteiger partial charge on any atom is 0.221 e. The van der Waals surface area contributed by atoms with Crippen LogP contribution in [0.15, 0.2) is 12.4 Å². The molecule has 0 atom stereocenters. The molecule has 1 heterocycles. The molecule has 0 aromatic carbocycles. The molecule has 112 valence electrons. The highest BCUT2D eigenvalue weighted by molar-refractivity contribution is 5.76. The van der Waals surface area contributed by atoms with Crippen molar-refractivity contribution in [1.29, 1.82) is 0 Å². The highest BCUT2D eigenvalue weighted by Crippen LogP contribution is 2.28. The molecule has 0 spiro atoms. The van der Waals surface area contributed by atoms with Crippen LogP contribution in [0.25, 0.3) is 0 Å². The van der Waals surface area contributed by atoms with E-state index >= 15 is 0 Å². The van der Waals surface area contributed by atoms with Gasteiger partial charge in [0, 0.05) is 44.0 Å². The van der Waals surface area contributed by atoms with Crippen molar-refractivity contribution in [1.82, 2.24) is 19.8 Å². The molecule has 1 aromatic rings. The van der Waals surface area contributed by atoms with Crippen LogP contribution in [-0.4, -0.2) is 38.5 Å². The molecule has 0 radical (unpaired) electrons.